The number of rotatable bonds is 9. The monoisotopic (exact) mass is 471 g/mol. The Labute approximate surface area is 193 Å². The van der Waals surface area contributed by atoms with Crippen LogP contribution in [0.5, 0.6) is 0 Å². The van der Waals surface area contributed by atoms with E-state index >= 15 is 0 Å². The average molecular weight is 471 g/mol. The zero-order valence-electron chi connectivity index (χ0n) is 19.0. The van der Waals surface area contributed by atoms with Gasteiger partial charge < -0.3 is 29.9 Å². The minimum atomic E-state index is -1.21. The van der Waals surface area contributed by atoms with Gasteiger partial charge in [-0.3, -0.25) is 19.2 Å². The maximum atomic E-state index is 12.5. The molecule has 0 bridgehead atoms. The Kier molecular flexibility index (Phi) is 7.34. The Morgan fingerprint density at radius 3 is 2.00 bits per heavy atom. The first-order chi connectivity index (χ1) is 16.1. The number of benzene rings is 1. The van der Waals surface area contributed by atoms with E-state index in [0.717, 1.165) is 22.1 Å². The van der Waals surface area contributed by atoms with Gasteiger partial charge in [-0.05, 0) is 44.4 Å². The van der Waals surface area contributed by atoms with Crippen molar-refractivity contribution in [3.05, 3.63) is 45.0 Å². The SMILES string of the molecule is Cc1oc2cc3oc(=O)c(CCC(=O)NCC(=O)NCC(=O)NCC(=O)O)c(C)c3cc2c1C. The number of carbonyl (C=O) groups is 4. The van der Waals surface area contributed by atoms with Gasteiger partial charge in [-0.15, -0.1) is 0 Å². The van der Waals surface area contributed by atoms with Crippen LogP contribution in [0.15, 0.2) is 25.8 Å². The summed E-state index contributed by atoms with van der Waals surface area (Å²) in [6.07, 6.45) is 0.0756. The fourth-order valence-electron chi connectivity index (χ4n) is 3.50. The van der Waals surface area contributed by atoms with Crippen LogP contribution in [0.25, 0.3) is 21.9 Å². The zero-order chi connectivity index (χ0) is 25.0. The molecule has 2 heterocycles. The maximum absolute atomic E-state index is 12.5. The molecule has 3 rings (SSSR count). The first-order valence-corrected chi connectivity index (χ1v) is 10.5. The summed E-state index contributed by atoms with van der Waals surface area (Å²) in [5.41, 5.74) is 2.59. The number of carboxylic acid groups (broad SMARTS) is 1. The van der Waals surface area contributed by atoms with E-state index in [1.807, 2.05) is 19.9 Å². The molecule has 0 unspecified atom stereocenters. The Bertz CT molecular complexity index is 1350. The molecule has 0 saturated heterocycles. The minimum absolute atomic E-state index is 0.0461. The Hall–Kier alpha value is -4.15. The third-order valence-electron chi connectivity index (χ3n) is 5.51. The number of nitrogens with one attached hydrogen (secondary N) is 3. The highest BCUT2D eigenvalue weighted by atomic mass is 16.4. The van der Waals surface area contributed by atoms with Crippen molar-refractivity contribution in [3.8, 4) is 0 Å². The van der Waals surface area contributed by atoms with Gasteiger partial charge in [0.05, 0.1) is 13.1 Å². The number of hydrogen-bond acceptors (Lipinski definition) is 7. The zero-order valence-corrected chi connectivity index (χ0v) is 19.0. The van der Waals surface area contributed by atoms with E-state index in [0.29, 0.717) is 22.3 Å². The molecule has 34 heavy (non-hydrogen) atoms. The summed E-state index contributed by atoms with van der Waals surface area (Å²) in [5.74, 6) is -2.16. The Balaban J connectivity index is 1.58. The van der Waals surface area contributed by atoms with Crippen molar-refractivity contribution >= 4 is 45.6 Å². The molecule has 2 aromatic heterocycles. The third-order valence-corrected chi connectivity index (χ3v) is 5.51. The fraction of sp³-hybridized carbons (Fsp3) is 0.348. The van der Waals surface area contributed by atoms with E-state index in [4.69, 9.17) is 13.9 Å². The number of hydrogen-bond donors (Lipinski definition) is 4. The van der Waals surface area contributed by atoms with Crippen LogP contribution in [0, 0.1) is 20.8 Å². The molecule has 0 saturated carbocycles. The van der Waals surface area contributed by atoms with Gasteiger partial charge >= 0.3 is 11.6 Å². The maximum Gasteiger partial charge on any atom is 0.339 e. The molecule has 180 valence electrons. The molecule has 0 radical (unpaired) electrons. The molecule has 1 aromatic carbocycles. The summed E-state index contributed by atoms with van der Waals surface area (Å²) >= 11 is 0. The highest BCUT2D eigenvalue weighted by Gasteiger charge is 2.16. The lowest BCUT2D eigenvalue weighted by molar-refractivity contribution is -0.137. The second-order valence-electron chi connectivity index (χ2n) is 7.84. The molecule has 3 amide bonds. The summed E-state index contributed by atoms with van der Waals surface area (Å²) in [5, 5.41) is 16.9. The van der Waals surface area contributed by atoms with Crippen LogP contribution in [-0.2, 0) is 25.6 Å². The van der Waals surface area contributed by atoms with Crippen LogP contribution < -0.4 is 21.6 Å². The second-order valence-corrected chi connectivity index (χ2v) is 7.84. The van der Waals surface area contributed by atoms with Crippen LogP contribution in [0.1, 0.15) is 28.9 Å². The number of carbonyl (C=O) groups excluding carboxylic acids is 3. The second kappa shape index (κ2) is 10.2. The molecule has 11 heteroatoms. The van der Waals surface area contributed by atoms with Crippen molar-refractivity contribution in [1.82, 2.24) is 16.0 Å². The average Bonchev–Trinajstić information content (AvgIpc) is 3.06. The van der Waals surface area contributed by atoms with Crippen molar-refractivity contribution in [2.24, 2.45) is 0 Å². The molecule has 11 nitrogen and oxygen atoms in total. The van der Waals surface area contributed by atoms with Crippen molar-refractivity contribution in [2.45, 2.75) is 33.6 Å². The molecule has 0 fully saturated rings. The van der Waals surface area contributed by atoms with Crippen LogP contribution in [-0.4, -0.2) is 48.4 Å². The summed E-state index contributed by atoms with van der Waals surface area (Å²) in [6.45, 7) is 4.27. The lowest BCUT2D eigenvalue weighted by atomic mass is 10.0. The molecular weight excluding hydrogens is 446 g/mol. The molecule has 0 aliphatic rings. The van der Waals surface area contributed by atoms with E-state index in [9.17, 15) is 24.0 Å². The normalized spacial score (nSPS) is 10.9. The predicted molar refractivity (Wildman–Crippen MR) is 121 cm³/mol. The van der Waals surface area contributed by atoms with Gasteiger partial charge in [0.2, 0.25) is 17.7 Å². The van der Waals surface area contributed by atoms with Crippen LogP contribution in [0.4, 0.5) is 0 Å². The van der Waals surface area contributed by atoms with Crippen LogP contribution in [0.3, 0.4) is 0 Å². The summed E-state index contributed by atoms with van der Waals surface area (Å²) in [4.78, 5) is 58.2. The number of amides is 3. The van der Waals surface area contributed by atoms with Crippen molar-refractivity contribution < 1.29 is 33.1 Å². The van der Waals surface area contributed by atoms with Gasteiger partial charge in [0.25, 0.3) is 0 Å². The number of aliphatic carboxylic acids is 1. The van der Waals surface area contributed by atoms with Crippen LogP contribution >= 0.6 is 0 Å². The molecule has 0 atom stereocenters. The smallest absolute Gasteiger partial charge is 0.339 e. The van der Waals surface area contributed by atoms with Gasteiger partial charge in [-0.1, -0.05) is 0 Å². The van der Waals surface area contributed by atoms with E-state index in [1.54, 1.807) is 13.0 Å². The predicted octanol–water partition coefficient (Wildman–Crippen LogP) is 0.830. The number of furan rings is 1. The molecule has 3 aromatic rings. The summed E-state index contributed by atoms with van der Waals surface area (Å²) < 4.78 is 11.2. The van der Waals surface area contributed by atoms with Crippen molar-refractivity contribution in [2.75, 3.05) is 19.6 Å². The number of aryl methyl sites for hydroxylation is 3. The standard InChI is InChI=1S/C23H25N3O8/c1-11-13(3)33-17-7-18-16(6-15(11)17)12(2)14(23(32)34-18)4-5-19(27)24-8-20(28)25-9-21(29)26-10-22(30)31/h6-7H,4-5,8-10H2,1-3H3,(H,24,27)(H,25,28)(H,26,29)(H,30,31). The number of carboxylic acids is 1. The first kappa shape index (κ1) is 24.5. The van der Waals surface area contributed by atoms with E-state index in [1.165, 1.54) is 0 Å². The third kappa shape index (κ3) is 5.61. The minimum Gasteiger partial charge on any atom is -0.480 e. The van der Waals surface area contributed by atoms with Gasteiger partial charge in [-0.2, -0.15) is 0 Å². The summed E-state index contributed by atoms with van der Waals surface area (Å²) in [7, 11) is 0. The highest BCUT2D eigenvalue weighted by molar-refractivity contribution is 5.97. The van der Waals surface area contributed by atoms with Gasteiger partial charge in [-0.25, -0.2) is 4.79 Å². The van der Waals surface area contributed by atoms with Crippen molar-refractivity contribution in [1.29, 1.82) is 0 Å². The highest BCUT2D eigenvalue weighted by Crippen LogP contribution is 2.31. The molecule has 0 spiro atoms. The molecular formula is C23H25N3O8. The topological polar surface area (TPSA) is 168 Å². The quantitative estimate of drug-likeness (QED) is 0.333. The van der Waals surface area contributed by atoms with Gasteiger partial charge in [0.1, 0.15) is 23.5 Å². The fourth-order valence-corrected chi connectivity index (χ4v) is 3.50. The van der Waals surface area contributed by atoms with Crippen molar-refractivity contribution in [3.63, 3.8) is 0 Å². The van der Waals surface area contributed by atoms with E-state index < -0.39 is 42.4 Å². The summed E-state index contributed by atoms with van der Waals surface area (Å²) in [6, 6.07) is 3.60. The number of fused-ring (bicyclic) bond motifs is 2. The lowest BCUT2D eigenvalue weighted by Crippen LogP contribution is -2.43. The first-order valence-electron chi connectivity index (χ1n) is 10.5. The Morgan fingerprint density at radius 2 is 1.35 bits per heavy atom. The van der Waals surface area contributed by atoms with E-state index in [-0.39, 0.29) is 19.4 Å². The Morgan fingerprint density at radius 1 is 0.794 bits per heavy atom. The lowest BCUT2D eigenvalue weighted by Gasteiger charge is -2.09. The van der Waals surface area contributed by atoms with E-state index in [2.05, 4.69) is 16.0 Å². The van der Waals surface area contributed by atoms with Gasteiger partial charge in [0.15, 0.2) is 0 Å². The molecule has 4 N–H and O–H groups in total. The van der Waals surface area contributed by atoms with Crippen LogP contribution in [0.2, 0.25) is 0 Å². The largest absolute Gasteiger partial charge is 0.480 e. The molecule has 0 aliphatic heterocycles. The van der Waals surface area contributed by atoms with Gasteiger partial charge in [0, 0.05) is 28.8 Å². The molecule has 0 aliphatic carbocycles.